The van der Waals surface area contributed by atoms with Crippen molar-refractivity contribution in [3.63, 3.8) is 0 Å². The summed E-state index contributed by atoms with van der Waals surface area (Å²) in [6.07, 6.45) is 0.731. The van der Waals surface area contributed by atoms with E-state index in [0.29, 0.717) is 6.54 Å². The molecule has 1 unspecified atom stereocenters. The summed E-state index contributed by atoms with van der Waals surface area (Å²) in [6, 6.07) is 2.22. The molecule has 1 amide bonds. The van der Waals surface area contributed by atoms with E-state index in [9.17, 15) is 17.6 Å². The third kappa shape index (κ3) is 4.17. The Labute approximate surface area is 117 Å². The second kappa shape index (κ2) is 6.67. The minimum Gasteiger partial charge on any atom is -0.399 e. The smallest absolute Gasteiger partial charge is 0.244 e. The number of nitrogens with two attached hydrogens (primary N) is 1. The summed E-state index contributed by atoms with van der Waals surface area (Å²) in [5, 5.41) is 2.55. The molecule has 0 fully saturated rings. The number of carbonyl (C=O) groups excluding carboxylic acids is 1. The number of nitrogens with one attached hydrogen (secondary N) is 2. The van der Waals surface area contributed by atoms with E-state index in [0.717, 1.165) is 18.6 Å². The highest BCUT2D eigenvalue weighted by atomic mass is 32.2. The maximum Gasteiger partial charge on any atom is 0.244 e. The van der Waals surface area contributed by atoms with E-state index >= 15 is 0 Å². The molecule has 0 heterocycles. The zero-order valence-corrected chi connectivity index (χ0v) is 12.1. The molecule has 4 N–H and O–H groups in total. The van der Waals surface area contributed by atoms with E-state index in [4.69, 9.17) is 5.73 Å². The van der Waals surface area contributed by atoms with Crippen LogP contribution < -0.4 is 15.8 Å². The summed E-state index contributed by atoms with van der Waals surface area (Å²) in [5.41, 5.74) is 5.56. The predicted molar refractivity (Wildman–Crippen MR) is 73.9 cm³/mol. The number of nitrogen functional groups attached to an aromatic ring is 1. The Morgan fingerprint density at radius 1 is 1.45 bits per heavy atom. The van der Waals surface area contributed by atoms with Gasteiger partial charge >= 0.3 is 0 Å². The summed E-state index contributed by atoms with van der Waals surface area (Å²) >= 11 is 0. The number of halogens is 1. The predicted octanol–water partition coefficient (Wildman–Crippen LogP) is 0.601. The van der Waals surface area contributed by atoms with Gasteiger partial charge in [-0.3, -0.25) is 4.79 Å². The number of hydrogen-bond acceptors (Lipinski definition) is 4. The average molecular weight is 303 g/mol. The van der Waals surface area contributed by atoms with Gasteiger partial charge in [0.25, 0.3) is 0 Å². The highest BCUT2D eigenvalue weighted by molar-refractivity contribution is 7.89. The molecule has 0 radical (unpaired) electrons. The van der Waals surface area contributed by atoms with Crippen molar-refractivity contribution in [1.82, 2.24) is 10.0 Å². The molecule has 0 saturated heterocycles. The van der Waals surface area contributed by atoms with Gasteiger partial charge in [0.2, 0.25) is 15.9 Å². The minimum atomic E-state index is -4.15. The molecule has 1 atom stereocenters. The topological polar surface area (TPSA) is 101 Å². The molecule has 0 aliphatic heterocycles. The molecule has 0 aliphatic rings. The maximum atomic E-state index is 13.5. The van der Waals surface area contributed by atoms with E-state index in [1.54, 1.807) is 0 Å². The third-order valence-corrected chi connectivity index (χ3v) is 4.07. The fraction of sp³-hybridized carbons (Fsp3) is 0.417. The van der Waals surface area contributed by atoms with Crippen LogP contribution in [0.4, 0.5) is 10.1 Å². The Hall–Kier alpha value is -1.67. The van der Waals surface area contributed by atoms with E-state index in [-0.39, 0.29) is 5.69 Å². The Bertz CT molecular complexity index is 590. The van der Waals surface area contributed by atoms with E-state index in [2.05, 4.69) is 10.0 Å². The number of rotatable bonds is 6. The van der Waals surface area contributed by atoms with Crippen LogP contribution in [0.15, 0.2) is 23.1 Å². The summed E-state index contributed by atoms with van der Waals surface area (Å²) in [4.78, 5) is 11.0. The average Bonchev–Trinajstić information content (AvgIpc) is 2.38. The van der Waals surface area contributed by atoms with Crippen LogP contribution in [0, 0.1) is 5.82 Å². The van der Waals surface area contributed by atoms with Gasteiger partial charge in [-0.05, 0) is 31.5 Å². The Morgan fingerprint density at radius 2 is 2.10 bits per heavy atom. The molecule has 0 saturated carbocycles. The fourth-order valence-electron chi connectivity index (χ4n) is 1.48. The zero-order valence-electron chi connectivity index (χ0n) is 11.3. The third-order valence-electron chi connectivity index (χ3n) is 2.52. The second-order valence-corrected chi connectivity index (χ2v) is 6.01. The lowest BCUT2D eigenvalue weighted by atomic mass is 10.3. The van der Waals surface area contributed by atoms with Crippen molar-refractivity contribution in [2.45, 2.75) is 31.2 Å². The quantitative estimate of drug-likeness (QED) is 0.670. The maximum absolute atomic E-state index is 13.5. The first-order valence-corrected chi connectivity index (χ1v) is 7.61. The van der Waals surface area contributed by atoms with Crippen molar-refractivity contribution in [1.29, 1.82) is 0 Å². The van der Waals surface area contributed by atoms with Crippen LogP contribution in [0.1, 0.15) is 20.3 Å². The molecular weight excluding hydrogens is 285 g/mol. The van der Waals surface area contributed by atoms with Gasteiger partial charge in [-0.2, -0.15) is 4.72 Å². The molecule has 8 heteroatoms. The number of amides is 1. The van der Waals surface area contributed by atoms with Gasteiger partial charge in [-0.25, -0.2) is 12.8 Å². The fourth-order valence-corrected chi connectivity index (χ4v) is 2.79. The molecule has 112 valence electrons. The molecule has 0 spiro atoms. The van der Waals surface area contributed by atoms with Crippen LogP contribution >= 0.6 is 0 Å². The molecule has 1 aromatic carbocycles. The Morgan fingerprint density at radius 3 is 2.70 bits per heavy atom. The van der Waals surface area contributed by atoms with Crippen LogP contribution in [-0.2, 0) is 14.8 Å². The van der Waals surface area contributed by atoms with Gasteiger partial charge in [0.05, 0.1) is 6.04 Å². The molecular formula is C12H18FN3O3S. The number of benzene rings is 1. The number of sulfonamides is 1. The minimum absolute atomic E-state index is 0.120. The van der Waals surface area contributed by atoms with Gasteiger partial charge < -0.3 is 11.1 Å². The monoisotopic (exact) mass is 303 g/mol. The molecule has 0 aliphatic carbocycles. The number of carbonyl (C=O) groups is 1. The first-order valence-electron chi connectivity index (χ1n) is 6.13. The molecule has 6 nitrogen and oxygen atoms in total. The van der Waals surface area contributed by atoms with Gasteiger partial charge in [0.15, 0.2) is 0 Å². The first-order chi connectivity index (χ1) is 9.27. The highest BCUT2D eigenvalue weighted by Gasteiger charge is 2.24. The van der Waals surface area contributed by atoms with Crippen molar-refractivity contribution in [3.8, 4) is 0 Å². The van der Waals surface area contributed by atoms with Crippen LogP contribution in [0.5, 0.6) is 0 Å². The second-order valence-electron chi connectivity index (χ2n) is 4.32. The number of anilines is 1. The van der Waals surface area contributed by atoms with Crippen molar-refractivity contribution in [3.05, 3.63) is 24.0 Å². The van der Waals surface area contributed by atoms with Crippen LogP contribution in [0.3, 0.4) is 0 Å². The molecule has 1 rings (SSSR count). The van der Waals surface area contributed by atoms with E-state index in [1.807, 2.05) is 6.92 Å². The molecule has 20 heavy (non-hydrogen) atoms. The van der Waals surface area contributed by atoms with Gasteiger partial charge in [-0.1, -0.05) is 6.92 Å². The highest BCUT2D eigenvalue weighted by Crippen LogP contribution is 2.17. The van der Waals surface area contributed by atoms with Crippen LogP contribution in [0.25, 0.3) is 0 Å². The summed E-state index contributed by atoms with van der Waals surface area (Å²) in [6.45, 7) is 3.70. The van der Waals surface area contributed by atoms with Crippen molar-refractivity contribution >= 4 is 21.6 Å². The van der Waals surface area contributed by atoms with Crippen LogP contribution in [0.2, 0.25) is 0 Å². The van der Waals surface area contributed by atoms with Crippen molar-refractivity contribution < 1.29 is 17.6 Å². The normalized spacial score (nSPS) is 12.9. The lowest BCUT2D eigenvalue weighted by Gasteiger charge is -2.14. The zero-order chi connectivity index (χ0) is 15.3. The standard InChI is InChI=1S/C12H18FN3O3S/c1-3-6-15-12(17)8(2)16-20(18,19)11-7-9(14)4-5-10(11)13/h4-5,7-8,16H,3,6,14H2,1-2H3,(H,15,17). The Kier molecular flexibility index (Phi) is 5.46. The van der Waals surface area contributed by atoms with Gasteiger partial charge in [-0.15, -0.1) is 0 Å². The summed E-state index contributed by atoms with van der Waals surface area (Å²) < 4.78 is 39.7. The lowest BCUT2D eigenvalue weighted by Crippen LogP contribution is -2.45. The van der Waals surface area contributed by atoms with E-state index < -0.39 is 32.7 Å². The van der Waals surface area contributed by atoms with Crippen molar-refractivity contribution in [2.75, 3.05) is 12.3 Å². The first kappa shape index (κ1) is 16.4. The molecule has 0 aromatic heterocycles. The van der Waals surface area contributed by atoms with Gasteiger partial charge in [0, 0.05) is 12.2 Å². The lowest BCUT2D eigenvalue weighted by molar-refractivity contribution is -0.122. The summed E-state index contributed by atoms with van der Waals surface area (Å²) in [5.74, 6) is -1.40. The van der Waals surface area contributed by atoms with Crippen molar-refractivity contribution in [2.24, 2.45) is 0 Å². The largest absolute Gasteiger partial charge is 0.399 e. The SMILES string of the molecule is CCCNC(=O)C(C)NS(=O)(=O)c1cc(N)ccc1F. The van der Waals surface area contributed by atoms with Crippen LogP contribution in [-0.4, -0.2) is 26.9 Å². The summed E-state index contributed by atoms with van der Waals surface area (Å²) in [7, 11) is -4.15. The molecule has 0 bridgehead atoms. The Balaban J connectivity index is 2.89. The van der Waals surface area contributed by atoms with Gasteiger partial charge in [0.1, 0.15) is 10.7 Å². The van der Waals surface area contributed by atoms with E-state index in [1.165, 1.54) is 13.0 Å². The number of hydrogen-bond donors (Lipinski definition) is 3. The molecule has 1 aromatic rings.